The summed E-state index contributed by atoms with van der Waals surface area (Å²) < 4.78 is 31.8. The summed E-state index contributed by atoms with van der Waals surface area (Å²) in [6, 6.07) is 1.44. The summed E-state index contributed by atoms with van der Waals surface area (Å²) in [5.74, 6) is 2.70. The molecule has 0 aliphatic heterocycles. The molecule has 0 heterocycles. The zero-order valence-corrected chi connectivity index (χ0v) is 9.61. The Morgan fingerprint density at radius 3 is 2.60 bits per heavy atom. The minimum Gasteiger partial charge on any atom is -0.492 e. The van der Waals surface area contributed by atoms with Gasteiger partial charge in [-0.25, -0.2) is 10.3 Å². The molecular formula is C9H10BrF2NO2. The first-order valence-electron chi connectivity index (χ1n) is 4.13. The first-order chi connectivity index (χ1) is 7.11. The fourth-order valence-corrected chi connectivity index (χ4v) is 1.78. The predicted octanol–water partition coefficient (Wildman–Crippen LogP) is 2.17. The fraction of sp³-hybridized carbons (Fsp3) is 0.333. The molecule has 0 amide bonds. The molecule has 15 heavy (non-hydrogen) atoms. The van der Waals surface area contributed by atoms with Gasteiger partial charge in [-0.15, -0.1) is 0 Å². The van der Waals surface area contributed by atoms with Crippen LogP contribution in [0.4, 0.5) is 8.78 Å². The van der Waals surface area contributed by atoms with Gasteiger partial charge in [0, 0.05) is 6.42 Å². The number of hydrogen-bond acceptors (Lipinski definition) is 3. The molecule has 0 bridgehead atoms. The van der Waals surface area contributed by atoms with Crippen molar-refractivity contribution in [2.45, 2.75) is 6.42 Å². The molecule has 0 saturated heterocycles. The van der Waals surface area contributed by atoms with Gasteiger partial charge in [-0.1, -0.05) is 0 Å². The Bertz CT molecular complexity index is 360. The van der Waals surface area contributed by atoms with Crippen LogP contribution in [-0.2, 0) is 11.3 Å². The average Bonchev–Trinajstić information content (AvgIpc) is 2.22. The maximum atomic E-state index is 13.4. The summed E-state index contributed by atoms with van der Waals surface area (Å²) in [6.07, 6.45) is 0.196. The van der Waals surface area contributed by atoms with Crippen molar-refractivity contribution in [2.24, 2.45) is 5.90 Å². The minimum absolute atomic E-state index is 0.120. The van der Waals surface area contributed by atoms with E-state index < -0.39 is 11.6 Å². The SMILES string of the molecule is COc1c(Br)cc(CCON)c(F)c1F. The van der Waals surface area contributed by atoms with Crippen molar-refractivity contribution in [2.75, 3.05) is 13.7 Å². The highest BCUT2D eigenvalue weighted by Gasteiger charge is 2.17. The Kier molecular flexibility index (Phi) is 4.44. The molecule has 0 saturated carbocycles. The van der Waals surface area contributed by atoms with Gasteiger partial charge >= 0.3 is 0 Å². The molecule has 0 aromatic heterocycles. The first kappa shape index (κ1) is 12.4. The Morgan fingerprint density at radius 2 is 2.07 bits per heavy atom. The monoisotopic (exact) mass is 281 g/mol. The second kappa shape index (κ2) is 5.39. The van der Waals surface area contributed by atoms with Crippen LogP contribution in [0.5, 0.6) is 5.75 Å². The van der Waals surface area contributed by atoms with Crippen LogP contribution in [0.2, 0.25) is 0 Å². The molecule has 2 N–H and O–H groups in total. The van der Waals surface area contributed by atoms with Gasteiger partial charge in [-0.3, -0.25) is 0 Å². The van der Waals surface area contributed by atoms with Crippen LogP contribution in [0, 0.1) is 11.6 Å². The number of halogens is 3. The third-order valence-electron chi connectivity index (χ3n) is 1.89. The fourth-order valence-electron chi connectivity index (χ4n) is 1.17. The minimum atomic E-state index is -1.01. The van der Waals surface area contributed by atoms with E-state index in [9.17, 15) is 8.78 Å². The molecule has 0 radical (unpaired) electrons. The molecule has 0 aliphatic carbocycles. The van der Waals surface area contributed by atoms with Crippen LogP contribution < -0.4 is 10.6 Å². The lowest BCUT2D eigenvalue weighted by atomic mass is 10.1. The second-order valence-electron chi connectivity index (χ2n) is 2.80. The summed E-state index contributed by atoms with van der Waals surface area (Å²) in [4.78, 5) is 4.30. The quantitative estimate of drug-likeness (QED) is 0.680. The van der Waals surface area contributed by atoms with Crippen LogP contribution in [-0.4, -0.2) is 13.7 Å². The number of nitrogens with two attached hydrogens (primary N) is 1. The highest BCUT2D eigenvalue weighted by Crippen LogP contribution is 2.31. The number of rotatable bonds is 4. The van der Waals surface area contributed by atoms with Gasteiger partial charge in [0.05, 0.1) is 18.2 Å². The number of benzene rings is 1. The third kappa shape index (κ3) is 2.64. The predicted molar refractivity (Wildman–Crippen MR) is 54.5 cm³/mol. The van der Waals surface area contributed by atoms with E-state index in [2.05, 4.69) is 20.8 Å². The van der Waals surface area contributed by atoms with Crippen molar-refractivity contribution in [3.63, 3.8) is 0 Å². The van der Waals surface area contributed by atoms with Gasteiger partial charge < -0.3 is 9.57 Å². The van der Waals surface area contributed by atoms with Crippen molar-refractivity contribution >= 4 is 15.9 Å². The van der Waals surface area contributed by atoms with Gasteiger partial charge in [0.2, 0.25) is 5.82 Å². The van der Waals surface area contributed by atoms with Crippen LogP contribution >= 0.6 is 15.9 Å². The molecule has 0 spiro atoms. The Morgan fingerprint density at radius 1 is 1.40 bits per heavy atom. The van der Waals surface area contributed by atoms with E-state index in [4.69, 9.17) is 10.6 Å². The van der Waals surface area contributed by atoms with E-state index in [1.165, 1.54) is 13.2 Å². The smallest absolute Gasteiger partial charge is 0.202 e. The Hall–Kier alpha value is -0.720. The Labute approximate surface area is 94.2 Å². The molecule has 84 valence electrons. The third-order valence-corrected chi connectivity index (χ3v) is 2.47. The molecule has 0 atom stereocenters. The van der Waals surface area contributed by atoms with Crippen molar-refractivity contribution < 1.29 is 18.4 Å². The molecular weight excluding hydrogens is 272 g/mol. The number of ether oxygens (including phenoxy) is 1. The van der Waals surface area contributed by atoms with Crippen molar-refractivity contribution in [3.8, 4) is 5.75 Å². The van der Waals surface area contributed by atoms with E-state index >= 15 is 0 Å². The zero-order chi connectivity index (χ0) is 11.4. The topological polar surface area (TPSA) is 44.5 Å². The van der Waals surface area contributed by atoms with Gasteiger partial charge in [0.1, 0.15) is 0 Å². The molecule has 0 unspecified atom stereocenters. The molecule has 6 heteroatoms. The average molecular weight is 282 g/mol. The van der Waals surface area contributed by atoms with Crippen LogP contribution in [0.25, 0.3) is 0 Å². The highest BCUT2D eigenvalue weighted by molar-refractivity contribution is 9.10. The van der Waals surface area contributed by atoms with Crippen LogP contribution in [0.1, 0.15) is 5.56 Å². The van der Waals surface area contributed by atoms with Crippen molar-refractivity contribution in [1.82, 2.24) is 0 Å². The van der Waals surface area contributed by atoms with Crippen molar-refractivity contribution in [1.29, 1.82) is 0 Å². The van der Waals surface area contributed by atoms with Gasteiger partial charge in [0.25, 0.3) is 0 Å². The van der Waals surface area contributed by atoms with E-state index in [-0.39, 0.29) is 24.3 Å². The molecule has 1 aromatic carbocycles. The number of methoxy groups -OCH3 is 1. The maximum Gasteiger partial charge on any atom is 0.202 e. The lowest BCUT2D eigenvalue weighted by Gasteiger charge is -2.09. The molecule has 1 aromatic rings. The van der Waals surface area contributed by atoms with Crippen LogP contribution in [0.3, 0.4) is 0 Å². The maximum absolute atomic E-state index is 13.4. The lowest BCUT2D eigenvalue weighted by Crippen LogP contribution is -2.07. The summed E-state index contributed by atoms with van der Waals surface area (Å²) >= 11 is 3.08. The van der Waals surface area contributed by atoms with Crippen molar-refractivity contribution in [3.05, 3.63) is 27.7 Å². The van der Waals surface area contributed by atoms with Crippen LogP contribution in [0.15, 0.2) is 10.5 Å². The first-order valence-corrected chi connectivity index (χ1v) is 4.93. The standard InChI is InChI=1S/C9H10BrF2NO2/c1-14-9-6(10)4-5(2-3-15-13)7(11)8(9)12/h4H,2-3,13H2,1H3. The summed E-state index contributed by atoms with van der Waals surface area (Å²) in [5.41, 5.74) is 0.186. The molecule has 0 aliphatic rings. The second-order valence-corrected chi connectivity index (χ2v) is 3.65. The summed E-state index contributed by atoms with van der Waals surface area (Å²) in [7, 11) is 1.27. The van der Waals surface area contributed by atoms with Gasteiger partial charge in [0.15, 0.2) is 11.6 Å². The molecule has 0 fully saturated rings. The lowest BCUT2D eigenvalue weighted by molar-refractivity contribution is 0.140. The Balaban J connectivity index is 3.10. The highest BCUT2D eigenvalue weighted by atomic mass is 79.9. The largest absolute Gasteiger partial charge is 0.492 e. The summed E-state index contributed by atoms with van der Waals surface area (Å²) in [6.45, 7) is 0.120. The summed E-state index contributed by atoms with van der Waals surface area (Å²) in [5, 5.41) is 0. The van der Waals surface area contributed by atoms with Gasteiger partial charge in [-0.2, -0.15) is 4.39 Å². The normalized spacial score (nSPS) is 10.5. The molecule has 3 nitrogen and oxygen atoms in total. The zero-order valence-electron chi connectivity index (χ0n) is 8.02. The number of hydrogen-bond donors (Lipinski definition) is 1. The molecule has 1 rings (SSSR count). The van der Waals surface area contributed by atoms with E-state index in [0.29, 0.717) is 4.47 Å². The van der Waals surface area contributed by atoms with E-state index in [0.717, 1.165) is 0 Å². The van der Waals surface area contributed by atoms with E-state index in [1.54, 1.807) is 0 Å². The van der Waals surface area contributed by atoms with E-state index in [1.807, 2.05) is 0 Å². The van der Waals surface area contributed by atoms with Gasteiger partial charge in [-0.05, 0) is 27.6 Å².